The molecule has 7 N–H and O–H groups in total. The predicted molar refractivity (Wildman–Crippen MR) is 344 cm³/mol. The number of unbranched alkanes of at least 4 members (excludes halogenated alkanes) is 31. The molecule has 14 heteroatoms. The van der Waals surface area contributed by atoms with Crippen molar-refractivity contribution in [3.63, 3.8) is 0 Å². The minimum atomic E-state index is -1.71. The number of rotatable bonds is 57. The molecule has 0 spiro atoms. The van der Waals surface area contributed by atoms with Crippen LogP contribution >= 0.6 is 0 Å². The summed E-state index contributed by atoms with van der Waals surface area (Å²) in [5, 5.41) is 72.6. The molecule has 0 aromatic heterocycles. The van der Waals surface area contributed by atoms with Crippen molar-refractivity contribution >= 4 is 5.97 Å². The number of esters is 1. The molecule has 0 amide bonds. The van der Waals surface area contributed by atoms with Crippen LogP contribution in [0.15, 0.2) is 72.9 Å². The number of hydrogen-bond acceptors (Lipinski definition) is 14. The first-order chi connectivity index (χ1) is 41.6. The van der Waals surface area contributed by atoms with E-state index in [9.17, 15) is 40.5 Å². The monoisotopic (exact) mass is 1200 g/mol. The first-order valence-electron chi connectivity index (χ1n) is 34.5. The van der Waals surface area contributed by atoms with Crippen molar-refractivity contribution < 1.29 is 69.0 Å². The lowest BCUT2D eigenvalue weighted by Crippen LogP contribution is -2.61. The highest BCUT2D eigenvalue weighted by Crippen LogP contribution is 2.27. The van der Waals surface area contributed by atoms with Crippen molar-refractivity contribution in [1.29, 1.82) is 0 Å². The Morgan fingerprint density at radius 3 is 1.20 bits per heavy atom. The Hall–Kier alpha value is -2.57. The molecule has 2 saturated heterocycles. The van der Waals surface area contributed by atoms with E-state index in [1.165, 1.54) is 148 Å². The standard InChI is InChI=1S/C71H126O14/c1-3-5-7-9-11-13-15-17-19-21-23-25-27-29-31-33-35-37-39-41-43-45-47-49-51-53-55-80-57-60(58-81-70-69(79)67(77)65(75)62(85-70)59-82-71-68(78)66(76)64(74)61(56-72)84-71)83-63(73)54-52-50-48-46-44-42-40-38-36-34-32-30-28-26-24-22-20-18-16-14-12-10-8-6-4-2/h6,8,12,14,18,20,24,26,30,32,36,38,60-62,64-72,74-79H,3-5,7,9-11,13,15-17,19,21-23,25,27-29,31,33-35,37,39-59H2,1-2H3/b8-6-,14-12-,20-18-,26-24-,32-30-,38-36-. The van der Waals surface area contributed by atoms with Crippen LogP contribution in [0.25, 0.3) is 0 Å². The van der Waals surface area contributed by atoms with Crippen molar-refractivity contribution in [1.82, 2.24) is 0 Å². The molecule has 0 aromatic rings. The topological polar surface area (TPSA) is 214 Å². The Kier molecular flexibility index (Phi) is 52.3. The van der Waals surface area contributed by atoms with Gasteiger partial charge in [-0.15, -0.1) is 0 Å². The van der Waals surface area contributed by atoms with Crippen molar-refractivity contribution in [3.8, 4) is 0 Å². The zero-order valence-corrected chi connectivity index (χ0v) is 53.6. The largest absolute Gasteiger partial charge is 0.457 e. The third-order valence-electron chi connectivity index (χ3n) is 16.2. The fourth-order valence-electron chi connectivity index (χ4n) is 10.8. The zero-order valence-electron chi connectivity index (χ0n) is 53.6. The van der Waals surface area contributed by atoms with Crippen molar-refractivity contribution in [3.05, 3.63) is 72.9 Å². The molecule has 85 heavy (non-hydrogen) atoms. The molecule has 2 fully saturated rings. The van der Waals surface area contributed by atoms with Crippen LogP contribution in [0.2, 0.25) is 0 Å². The second-order valence-electron chi connectivity index (χ2n) is 24.0. The van der Waals surface area contributed by atoms with Crippen LogP contribution in [0.1, 0.15) is 271 Å². The average molecular weight is 1200 g/mol. The van der Waals surface area contributed by atoms with Crippen LogP contribution in [0.3, 0.4) is 0 Å². The van der Waals surface area contributed by atoms with Crippen LogP contribution in [-0.2, 0) is 33.2 Å². The van der Waals surface area contributed by atoms with Gasteiger partial charge in [-0.2, -0.15) is 0 Å². The molecule has 14 nitrogen and oxygen atoms in total. The number of carbonyl (C=O) groups excluding carboxylic acids is 1. The Morgan fingerprint density at radius 2 is 0.765 bits per heavy atom. The average Bonchev–Trinajstić information content (AvgIpc) is 3.68. The minimum absolute atomic E-state index is 0.0551. The van der Waals surface area contributed by atoms with Crippen LogP contribution < -0.4 is 0 Å². The maximum atomic E-state index is 13.1. The molecule has 0 saturated carbocycles. The lowest BCUT2D eigenvalue weighted by atomic mass is 9.98. The van der Waals surface area contributed by atoms with Crippen LogP contribution in [0, 0.1) is 0 Å². The molecular formula is C71H126O14. The van der Waals surface area contributed by atoms with Gasteiger partial charge in [0.15, 0.2) is 12.6 Å². The lowest BCUT2D eigenvalue weighted by molar-refractivity contribution is -0.332. The molecule has 0 bridgehead atoms. The normalized spacial score (nSPS) is 23.6. The Bertz CT molecular complexity index is 1680. The van der Waals surface area contributed by atoms with Crippen molar-refractivity contribution in [2.45, 2.75) is 338 Å². The summed E-state index contributed by atoms with van der Waals surface area (Å²) in [6, 6.07) is 0. The Balaban J connectivity index is 1.65. The molecule has 11 unspecified atom stereocenters. The number of aliphatic hydroxyl groups is 7. The Morgan fingerprint density at radius 1 is 0.400 bits per heavy atom. The highest BCUT2D eigenvalue weighted by Gasteiger charge is 2.47. The highest BCUT2D eigenvalue weighted by molar-refractivity contribution is 5.69. The molecular weight excluding hydrogens is 1080 g/mol. The number of aliphatic hydroxyl groups excluding tert-OH is 7. The van der Waals surface area contributed by atoms with Gasteiger partial charge in [0.25, 0.3) is 0 Å². The highest BCUT2D eigenvalue weighted by atomic mass is 16.7. The molecule has 0 aromatic carbocycles. The van der Waals surface area contributed by atoms with Gasteiger partial charge >= 0.3 is 5.97 Å². The van der Waals surface area contributed by atoms with E-state index in [4.69, 9.17) is 28.4 Å². The van der Waals surface area contributed by atoms with Crippen LogP contribution in [0.5, 0.6) is 0 Å². The first kappa shape index (κ1) is 78.5. The van der Waals surface area contributed by atoms with Gasteiger partial charge in [-0.25, -0.2) is 0 Å². The van der Waals surface area contributed by atoms with E-state index in [-0.39, 0.29) is 25.6 Å². The van der Waals surface area contributed by atoms with E-state index in [1.807, 2.05) is 0 Å². The molecule has 2 rings (SSSR count). The summed E-state index contributed by atoms with van der Waals surface area (Å²) >= 11 is 0. The second-order valence-corrected chi connectivity index (χ2v) is 24.0. The van der Waals surface area contributed by atoms with Gasteiger partial charge in [0.05, 0.1) is 26.4 Å². The van der Waals surface area contributed by atoms with Gasteiger partial charge in [-0.3, -0.25) is 4.79 Å². The Labute approximate surface area is 517 Å². The smallest absolute Gasteiger partial charge is 0.306 e. The summed E-state index contributed by atoms with van der Waals surface area (Å²) < 4.78 is 34.5. The maximum absolute atomic E-state index is 13.1. The molecule has 2 aliphatic rings. The number of allylic oxidation sites excluding steroid dienone is 12. The molecule has 0 aliphatic carbocycles. The van der Waals surface area contributed by atoms with Gasteiger partial charge in [-0.1, -0.05) is 273 Å². The second kappa shape index (κ2) is 56.6. The van der Waals surface area contributed by atoms with E-state index in [1.54, 1.807) is 0 Å². The van der Waals surface area contributed by atoms with Crippen LogP contribution in [0.4, 0.5) is 0 Å². The third-order valence-corrected chi connectivity index (χ3v) is 16.2. The number of hydrogen-bond donors (Lipinski definition) is 7. The van der Waals surface area contributed by atoms with E-state index in [2.05, 4.69) is 86.8 Å². The summed E-state index contributed by atoms with van der Waals surface area (Å²) in [7, 11) is 0. The molecule has 11 atom stereocenters. The molecule has 2 heterocycles. The summed E-state index contributed by atoms with van der Waals surface area (Å²) in [6.45, 7) is 3.60. The fraction of sp³-hybridized carbons (Fsp3) is 0.817. The quantitative estimate of drug-likeness (QED) is 0.0171. The van der Waals surface area contributed by atoms with E-state index in [0.29, 0.717) is 13.0 Å². The molecule has 0 radical (unpaired) electrons. The molecule has 2 aliphatic heterocycles. The van der Waals surface area contributed by atoms with Gasteiger partial charge in [-0.05, 0) is 64.2 Å². The first-order valence-corrected chi connectivity index (χ1v) is 34.5. The fourth-order valence-corrected chi connectivity index (χ4v) is 10.8. The van der Waals surface area contributed by atoms with Crippen molar-refractivity contribution in [2.24, 2.45) is 0 Å². The third kappa shape index (κ3) is 42.1. The number of carbonyl (C=O) groups is 1. The lowest BCUT2D eigenvalue weighted by Gasteiger charge is -2.42. The maximum Gasteiger partial charge on any atom is 0.306 e. The summed E-state index contributed by atoms with van der Waals surface area (Å²) in [5.74, 6) is -0.388. The predicted octanol–water partition coefficient (Wildman–Crippen LogP) is 14.5. The van der Waals surface area contributed by atoms with Gasteiger partial charge in [0.2, 0.25) is 0 Å². The van der Waals surface area contributed by atoms with Gasteiger partial charge < -0.3 is 64.2 Å². The van der Waals surface area contributed by atoms with Crippen LogP contribution in [-0.4, -0.2) is 142 Å². The van der Waals surface area contributed by atoms with Gasteiger partial charge in [0.1, 0.15) is 54.9 Å². The summed E-state index contributed by atoms with van der Waals surface area (Å²) in [4.78, 5) is 13.1. The summed E-state index contributed by atoms with van der Waals surface area (Å²) in [6.07, 6.45) is 58.3. The zero-order chi connectivity index (χ0) is 61.5. The van der Waals surface area contributed by atoms with E-state index < -0.39 is 80.7 Å². The number of ether oxygens (including phenoxy) is 6. The SMILES string of the molecule is CC/C=C\C/C=C\C/C=C\C/C=C\C/C=C\C/C=C\CCCCCCCCC(=O)OC(COCCCCCCCCCCCCCCCCCCCCCCCCCCCC)COC1OC(COC2OC(CO)C(O)C(O)C2O)C(O)C(O)C1O. The summed E-state index contributed by atoms with van der Waals surface area (Å²) in [5.41, 5.74) is 0. The van der Waals surface area contributed by atoms with Gasteiger partial charge in [0, 0.05) is 13.0 Å². The van der Waals surface area contributed by atoms with Crippen molar-refractivity contribution in [2.75, 3.05) is 33.0 Å². The van der Waals surface area contributed by atoms with E-state index >= 15 is 0 Å². The minimum Gasteiger partial charge on any atom is -0.457 e. The molecule has 494 valence electrons. The van der Waals surface area contributed by atoms with E-state index in [0.717, 1.165) is 96.3 Å².